The van der Waals surface area contributed by atoms with Crippen LogP contribution >= 0.6 is 0 Å². The van der Waals surface area contributed by atoms with E-state index in [9.17, 15) is 9.18 Å². The van der Waals surface area contributed by atoms with Crippen LogP contribution < -0.4 is 10.6 Å². The van der Waals surface area contributed by atoms with E-state index in [1.165, 1.54) is 12.4 Å². The molecule has 0 saturated heterocycles. The van der Waals surface area contributed by atoms with Crippen LogP contribution in [0.4, 0.5) is 20.8 Å². The van der Waals surface area contributed by atoms with Gasteiger partial charge in [-0.25, -0.2) is 19.2 Å². The Morgan fingerprint density at radius 1 is 1.35 bits per heavy atom. The molecular formula is C16H16FN7O2. The van der Waals surface area contributed by atoms with E-state index in [1.54, 1.807) is 37.1 Å². The minimum atomic E-state index is -1.17. The molecule has 9 nitrogen and oxygen atoms in total. The van der Waals surface area contributed by atoms with Crippen molar-refractivity contribution >= 4 is 17.7 Å². The largest absolute Gasteiger partial charge is 0.465 e. The Kier molecular flexibility index (Phi) is 4.74. The predicted octanol–water partition coefficient (Wildman–Crippen LogP) is 2.23. The van der Waals surface area contributed by atoms with Gasteiger partial charge in [-0.15, -0.1) is 0 Å². The quantitative estimate of drug-likeness (QED) is 0.641. The van der Waals surface area contributed by atoms with Gasteiger partial charge in [0.2, 0.25) is 5.95 Å². The number of aryl methyl sites for hydroxylation is 1. The maximum absolute atomic E-state index is 14.7. The number of amides is 1. The van der Waals surface area contributed by atoms with Gasteiger partial charge in [0.05, 0.1) is 17.4 Å². The molecule has 10 heteroatoms. The number of nitrogens with one attached hydrogen (secondary N) is 2. The lowest BCUT2D eigenvalue weighted by Crippen LogP contribution is -2.20. The summed E-state index contributed by atoms with van der Waals surface area (Å²) >= 11 is 0. The number of rotatable bonds is 5. The highest BCUT2D eigenvalue weighted by atomic mass is 19.1. The molecule has 0 spiro atoms. The number of nitrogens with zero attached hydrogens (tertiary/aromatic N) is 5. The minimum absolute atomic E-state index is 0.0172. The molecule has 0 aliphatic heterocycles. The highest BCUT2D eigenvalue weighted by molar-refractivity contribution is 5.65. The number of carbonyl (C=O) groups is 1. The summed E-state index contributed by atoms with van der Waals surface area (Å²) in [6.45, 7) is 1.59. The van der Waals surface area contributed by atoms with Gasteiger partial charge in [-0.1, -0.05) is 6.07 Å². The number of benzene rings is 1. The van der Waals surface area contributed by atoms with Crippen LogP contribution in [0.2, 0.25) is 0 Å². The average molecular weight is 357 g/mol. The third-order valence-electron chi connectivity index (χ3n) is 3.70. The molecule has 0 atom stereocenters. The van der Waals surface area contributed by atoms with Crippen LogP contribution in [0.1, 0.15) is 11.1 Å². The van der Waals surface area contributed by atoms with Crippen LogP contribution in [0.25, 0.3) is 11.4 Å². The average Bonchev–Trinajstić information content (AvgIpc) is 3.01. The molecule has 0 aliphatic carbocycles. The predicted molar refractivity (Wildman–Crippen MR) is 91.3 cm³/mol. The summed E-state index contributed by atoms with van der Waals surface area (Å²) in [5, 5.41) is 17.9. The van der Waals surface area contributed by atoms with E-state index >= 15 is 0 Å². The number of anilines is 2. The maximum atomic E-state index is 14.7. The monoisotopic (exact) mass is 357 g/mol. The van der Waals surface area contributed by atoms with Crippen LogP contribution in [-0.2, 0) is 13.6 Å². The van der Waals surface area contributed by atoms with Gasteiger partial charge in [0, 0.05) is 19.8 Å². The Labute approximate surface area is 147 Å². The van der Waals surface area contributed by atoms with Crippen molar-refractivity contribution in [1.29, 1.82) is 0 Å². The summed E-state index contributed by atoms with van der Waals surface area (Å²) in [6.07, 6.45) is 3.48. The first-order valence-corrected chi connectivity index (χ1v) is 7.64. The van der Waals surface area contributed by atoms with Crippen LogP contribution in [0, 0.1) is 12.7 Å². The highest BCUT2D eigenvalue weighted by Gasteiger charge is 2.15. The van der Waals surface area contributed by atoms with Crippen LogP contribution in [0.5, 0.6) is 0 Å². The molecule has 26 heavy (non-hydrogen) atoms. The van der Waals surface area contributed by atoms with Gasteiger partial charge in [0.25, 0.3) is 0 Å². The first kappa shape index (κ1) is 17.3. The zero-order chi connectivity index (χ0) is 18.7. The maximum Gasteiger partial charge on any atom is 0.404 e. The van der Waals surface area contributed by atoms with Gasteiger partial charge in [-0.05, 0) is 24.1 Å². The second-order valence-corrected chi connectivity index (χ2v) is 5.53. The molecule has 0 radical (unpaired) electrons. The first-order chi connectivity index (χ1) is 12.4. The molecule has 0 bridgehead atoms. The molecule has 3 aromatic rings. The smallest absolute Gasteiger partial charge is 0.404 e. The fourth-order valence-electron chi connectivity index (χ4n) is 2.36. The van der Waals surface area contributed by atoms with Crippen LogP contribution in [-0.4, -0.2) is 35.9 Å². The first-order valence-electron chi connectivity index (χ1n) is 7.64. The van der Waals surface area contributed by atoms with E-state index in [-0.39, 0.29) is 23.9 Å². The second-order valence-electron chi connectivity index (χ2n) is 5.53. The van der Waals surface area contributed by atoms with Gasteiger partial charge >= 0.3 is 6.09 Å². The van der Waals surface area contributed by atoms with Gasteiger partial charge in [-0.2, -0.15) is 10.1 Å². The van der Waals surface area contributed by atoms with Crippen molar-refractivity contribution in [3.05, 3.63) is 47.8 Å². The number of aromatic nitrogens is 5. The normalized spacial score (nSPS) is 10.6. The molecule has 0 saturated carbocycles. The highest BCUT2D eigenvalue weighted by Crippen LogP contribution is 2.25. The van der Waals surface area contributed by atoms with Gasteiger partial charge in [0.1, 0.15) is 12.1 Å². The van der Waals surface area contributed by atoms with E-state index in [0.29, 0.717) is 16.8 Å². The van der Waals surface area contributed by atoms with Crippen molar-refractivity contribution < 1.29 is 14.3 Å². The van der Waals surface area contributed by atoms with Gasteiger partial charge in [0.15, 0.2) is 5.82 Å². The Bertz CT molecular complexity index is 958. The third-order valence-corrected chi connectivity index (χ3v) is 3.70. The van der Waals surface area contributed by atoms with Crippen molar-refractivity contribution in [3.8, 4) is 11.4 Å². The summed E-state index contributed by atoms with van der Waals surface area (Å²) in [7, 11) is 1.78. The van der Waals surface area contributed by atoms with Crippen molar-refractivity contribution in [2.45, 2.75) is 13.5 Å². The fraction of sp³-hybridized carbons (Fsp3) is 0.188. The fourth-order valence-corrected chi connectivity index (χ4v) is 2.36. The van der Waals surface area contributed by atoms with Crippen molar-refractivity contribution in [2.75, 3.05) is 5.32 Å². The zero-order valence-electron chi connectivity index (χ0n) is 14.1. The summed E-state index contributed by atoms with van der Waals surface area (Å²) in [6, 6.07) is 3.16. The SMILES string of the molecule is Cc1c(CNC(=O)O)ccc(-c2ncnc(Nc3cnn(C)c3)n2)c1F. The molecule has 134 valence electrons. The molecule has 1 amide bonds. The van der Waals surface area contributed by atoms with E-state index in [1.807, 2.05) is 0 Å². The molecule has 2 heterocycles. The summed E-state index contributed by atoms with van der Waals surface area (Å²) in [5.74, 6) is -0.0744. The summed E-state index contributed by atoms with van der Waals surface area (Å²) in [4.78, 5) is 22.9. The van der Waals surface area contributed by atoms with Gasteiger partial charge < -0.3 is 15.7 Å². The van der Waals surface area contributed by atoms with E-state index in [2.05, 4.69) is 30.7 Å². The number of carboxylic acid groups (broad SMARTS) is 1. The lowest BCUT2D eigenvalue weighted by Gasteiger charge is -2.10. The molecule has 3 N–H and O–H groups in total. The van der Waals surface area contributed by atoms with E-state index < -0.39 is 11.9 Å². The molecule has 0 unspecified atom stereocenters. The Hall–Kier alpha value is -3.56. The number of hydrogen-bond acceptors (Lipinski definition) is 6. The Morgan fingerprint density at radius 3 is 2.85 bits per heavy atom. The Balaban J connectivity index is 1.88. The molecule has 2 aromatic heterocycles. The van der Waals surface area contributed by atoms with Crippen molar-refractivity contribution in [1.82, 2.24) is 30.0 Å². The Morgan fingerprint density at radius 2 is 2.15 bits per heavy atom. The lowest BCUT2D eigenvalue weighted by molar-refractivity contribution is 0.194. The molecular weight excluding hydrogens is 341 g/mol. The van der Waals surface area contributed by atoms with E-state index in [0.717, 1.165) is 0 Å². The topological polar surface area (TPSA) is 118 Å². The second kappa shape index (κ2) is 7.13. The number of hydrogen-bond donors (Lipinski definition) is 3. The number of halogens is 1. The van der Waals surface area contributed by atoms with Gasteiger partial charge in [-0.3, -0.25) is 4.68 Å². The minimum Gasteiger partial charge on any atom is -0.465 e. The summed E-state index contributed by atoms with van der Waals surface area (Å²) < 4.78 is 16.3. The summed E-state index contributed by atoms with van der Waals surface area (Å²) in [5.41, 5.74) is 1.77. The molecule has 1 aromatic carbocycles. The van der Waals surface area contributed by atoms with E-state index in [4.69, 9.17) is 5.11 Å². The standard InChI is InChI=1S/C16H16FN7O2/c1-9-10(5-18-16(25)26)3-4-12(13(9)17)14-19-8-20-15(23-14)22-11-6-21-24(2)7-11/h3-4,6-8,18H,5H2,1-2H3,(H,25,26)(H,19,20,22,23). The lowest BCUT2D eigenvalue weighted by atomic mass is 10.0. The molecule has 0 fully saturated rings. The van der Waals surface area contributed by atoms with Crippen molar-refractivity contribution in [2.24, 2.45) is 7.05 Å². The van der Waals surface area contributed by atoms with Crippen LogP contribution in [0.15, 0.2) is 30.9 Å². The third kappa shape index (κ3) is 3.74. The molecule has 3 rings (SSSR count). The van der Waals surface area contributed by atoms with Crippen molar-refractivity contribution in [3.63, 3.8) is 0 Å². The van der Waals surface area contributed by atoms with Crippen LogP contribution in [0.3, 0.4) is 0 Å². The zero-order valence-corrected chi connectivity index (χ0v) is 14.1. The molecule has 0 aliphatic rings.